The van der Waals surface area contributed by atoms with Crippen molar-refractivity contribution in [3.05, 3.63) is 94.2 Å². The predicted molar refractivity (Wildman–Crippen MR) is 126 cm³/mol. The molecule has 0 saturated heterocycles. The Labute approximate surface area is 188 Å². The van der Waals surface area contributed by atoms with Gasteiger partial charge in [-0.3, -0.25) is 4.99 Å². The van der Waals surface area contributed by atoms with E-state index in [0.717, 1.165) is 33.5 Å². The summed E-state index contributed by atoms with van der Waals surface area (Å²) in [5.74, 6) is 1.80. The minimum atomic E-state index is 0.563. The highest BCUT2D eigenvalue weighted by molar-refractivity contribution is 6.35. The van der Waals surface area contributed by atoms with Crippen LogP contribution >= 0.6 is 23.2 Å². The number of benzene rings is 3. The third-order valence-corrected chi connectivity index (χ3v) is 5.36. The lowest BCUT2D eigenvalue weighted by atomic mass is 10.2. The van der Waals surface area contributed by atoms with Crippen molar-refractivity contribution in [3.63, 3.8) is 0 Å². The van der Waals surface area contributed by atoms with Gasteiger partial charge in [-0.25, -0.2) is 4.98 Å². The Morgan fingerprint density at radius 1 is 0.903 bits per heavy atom. The predicted octanol–water partition coefficient (Wildman–Crippen LogP) is 8.12. The molecule has 0 radical (unpaired) electrons. The normalized spacial score (nSPS) is 11.6. The summed E-state index contributed by atoms with van der Waals surface area (Å²) in [5.41, 5.74) is 5.08. The molecule has 0 fully saturated rings. The zero-order valence-corrected chi connectivity index (χ0v) is 18.0. The minimum absolute atomic E-state index is 0.563. The molecular weight excluding hydrogens is 431 g/mol. The second-order valence-corrected chi connectivity index (χ2v) is 7.97. The molecule has 0 amide bonds. The van der Waals surface area contributed by atoms with Gasteiger partial charge in [0.05, 0.1) is 16.9 Å². The molecule has 2 heterocycles. The van der Waals surface area contributed by atoms with Crippen molar-refractivity contribution in [1.82, 2.24) is 4.98 Å². The van der Waals surface area contributed by atoms with Crippen molar-refractivity contribution in [3.8, 4) is 22.8 Å². The van der Waals surface area contributed by atoms with Crippen LogP contribution in [0.1, 0.15) is 11.3 Å². The van der Waals surface area contributed by atoms with E-state index in [0.29, 0.717) is 27.5 Å². The van der Waals surface area contributed by atoms with E-state index in [-0.39, 0.29) is 0 Å². The molecule has 31 heavy (non-hydrogen) atoms. The molecular formula is C25H16Cl2N2O2. The average molecular weight is 447 g/mol. The number of rotatable bonds is 4. The van der Waals surface area contributed by atoms with Gasteiger partial charge in [0.2, 0.25) is 5.89 Å². The van der Waals surface area contributed by atoms with Crippen molar-refractivity contribution < 1.29 is 8.83 Å². The molecule has 5 rings (SSSR count). The van der Waals surface area contributed by atoms with E-state index in [2.05, 4.69) is 9.98 Å². The van der Waals surface area contributed by atoms with E-state index in [1.807, 2.05) is 61.5 Å². The number of aromatic nitrogens is 1. The number of fused-ring (bicyclic) bond motifs is 1. The van der Waals surface area contributed by atoms with Gasteiger partial charge in [-0.15, -0.1) is 0 Å². The van der Waals surface area contributed by atoms with Gasteiger partial charge in [-0.2, -0.15) is 0 Å². The van der Waals surface area contributed by atoms with E-state index in [1.165, 1.54) is 0 Å². The van der Waals surface area contributed by atoms with Gasteiger partial charge in [-0.1, -0.05) is 35.3 Å². The summed E-state index contributed by atoms with van der Waals surface area (Å²) >= 11 is 12.3. The van der Waals surface area contributed by atoms with Crippen LogP contribution in [-0.4, -0.2) is 11.2 Å². The van der Waals surface area contributed by atoms with E-state index in [4.69, 9.17) is 32.0 Å². The smallest absolute Gasteiger partial charge is 0.227 e. The quantitative estimate of drug-likeness (QED) is 0.262. The van der Waals surface area contributed by atoms with Crippen LogP contribution in [-0.2, 0) is 0 Å². The van der Waals surface area contributed by atoms with Crippen molar-refractivity contribution in [2.75, 3.05) is 0 Å². The lowest BCUT2D eigenvalue weighted by molar-refractivity contribution is 0.575. The number of hydrogen-bond acceptors (Lipinski definition) is 4. The van der Waals surface area contributed by atoms with Crippen LogP contribution < -0.4 is 0 Å². The molecule has 0 aliphatic carbocycles. The SMILES string of the molecule is Cc1ccc2nc(-c3cccc(N=Cc4ccc(-c5cc(Cl)ccc5Cl)o4)c3)oc2c1. The van der Waals surface area contributed by atoms with Gasteiger partial charge in [0.25, 0.3) is 0 Å². The van der Waals surface area contributed by atoms with Gasteiger partial charge in [0, 0.05) is 16.1 Å². The first-order valence-corrected chi connectivity index (χ1v) is 10.4. The van der Waals surface area contributed by atoms with E-state index < -0.39 is 0 Å². The summed E-state index contributed by atoms with van der Waals surface area (Å²) in [6, 6.07) is 22.6. The summed E-state index contributed by atoms with van der Waals surface area (Å²) in [4.78, 5) is 9.11. The Hall–Kier alpha value is -3.34. The van der Waals surface area contributed by atoms with Crippen molar-refractivity contribution in [2.24, 2.45) is 4.99 Å². The number of oxazole rings is 1. The van der Waals surface area contributed by atoms with Crippen LogP contribution in [0.5, 0.6) is 0 Å². The zero-order chi connectivity index (χ0) is 21.4. The van der Waals surface area contributed by atoms with Crippen molar-refractivity contribution in [2.45, 2.75) is 6.92 Å². The zero-order valence-electron chi connectivity index (χ0n) is 16.5. The Morgan fingerprint density at radius 3 is 2.71 bits per heavy atom. The van der Waals surface area contributed by atoms with Crippen LogP contribution in [0, 0.1) is 6.92 Å². The fourth-order valence-corrected chi connectivity index (χ4v) is 3.65. The number of halogens is 2. The molecule has 0 atom stereocenters. The molecule has 0 bridgehead atoms. The second-order valence-electron chi connectivity index (χ2n) is 7.12. The summed E-state index contributed by atoms with van der Waals surface area (Å²) < 4.78 is 11.8. The summed E-state index contributed by atoms with van der Waals surface area (Å²) in [7, 11) is 0. The van der Waals surface area contributed by atoms with Crippen LogP contribution in [0.2, 0.25) is 10.0 Å². The molecule has 0 unspecified atom stereocenters. The topological polar surface area (TPSA) is 51.5 Å². The van der Waals surface area contributed by atoms with Gasteiger partial charge in [0.1, 0.15) is 17.0 Å². The minimum Gasteiger partial charge on any atom is -0.455 e. The number of furan rings is 1. The lowest BCUT2D eigenvalue weighted by Crippen LogP contribution is -1.79. The largest absolute Gasteiger partial charge is 0.455 e. The molecule has 3 aromatic carbocycles. The highest BCUT2D eigenvalue weighted by Crippen LogP contribution is 2.32. The fourth-order valence-electron chi connectivity index (χ4n) is 3.27. The lowest BCUT2D eigenvalue weighted by Gasteiger charge is -2.01. The Morgan fingerprint density at radius 2 is 1.81 bits per heavy atom. The highest BCUT2D eigenvalue weighted by atomic mass is 35.5. The summed E-state index contributed by atoms with van der Waals surface area (Å²) in [6.45, 7) is 2.03. The Balaban J connectivity index is 1.40. The third-order valence-electron chi connectivity index (χ3n) is 4.80. The maximum atomic E-state index is 6.26. The first kappa shape index (κ1) is 19.6. The van der Waals surface area contributed by atoms with Gasteiger partial charge >= 0.3 is 0 Å². The fraction of sp³-hybridized carbons (Fsp3) is 0.0400. The molecule has 0 spiro atoms. The standard InChI is InChI=1S/C25H16Cl2N2O2/c1-15-5-9-22-24(11-15)31-25(29-22)16-3-2-4-18(12-16)28-14-19-7-10-23(30-19)20-13-17(26)6-8-21(20)27/h2-14H,1H3. The van der Waals surface area contributed by atoms with E-state index >= 15 is 0 Å². The first-order valence-electron chi connectivity index (χ1n) is 9.62. The highest BCUT2D eigenvalue weighted by Gasteiger charge is 2.10. The van der Waals surface area contributed by atoms with E-state index in [1.54, 1.807) is 24.4 Å². The maximum absolute atomic E-state index is 6.26. The molecule has 0 N–H and O–H groups in total. The van der Waals surface area contributed by atoms with E-state index in [9.17, 15) is 0 Å². The summed E-state index contributed by atoms with van der Waals surface area (Å²) in [6.07, 6.45) is 1.66. The second kappa shape index (κ2) is 8.06. The average Bonchev–Trinajstić information content (AvgIpc) is 3.41. The number of aliphatic imine (C=N–C) groups is 1. The van der Waals surface area contributed by atoms with Crippen molar-refractivity contribution >= 4 is 46.2 Å². The molecule has 4 nitrogen and oxygen atoms in total. The molecule has 0 aliphatic rings. The van der Waals surface area contributed by atoms with Crippen LogP contribution in [0.15, 0.2) is 86.6 Å². The van der Waals surface area contributed by atoms with Gasteiger partial charge in [-0.05, 0) is 73.2 Å². The molecule has 6 heteroatoms. The van der Waals surface area contributed by atoms with Gasteiger partial charge < -0.3 is 8.83 Å². The summed E-state index contributed by atoms with van der Waals surface area (Å²) in [5, 5.41) is 1.17. The molecule has 0 aliphatic heterocycles. The number of aryl methyl sites for hydroxylation is 1. The van der Waals surface area contributed by atoms with Crippen LogP contribution in [0.4, 0.5) is 5.69 Å². The molecule has 2 aromatic heterocycles. The number of nitrogens with zero attached hydrogens (tertiary/aromatic N) is 2. The van der Waals surface area contributed by atoms with Gasteiger partial charge in [0.15, 0.2) is 5.58 Å². The Bertz CT molecular complexity index is 1430. The number of hydrogen-bond donors (Lipinski definition) is 0. The Kier molecular flexibility index (Phi) is 5.10. The monoisotopic (exact) mass is 446 g/mol. The van der Waals surface area contributed by atoms with Crippen LogP contribution in [0.3, 0.4) is 0 Å². The van der Waals surface area contributed by atoms with Crippen molar-refractivity contribution in [1.29, 1.82) is 0 Å². The van der Waals surface area contributed by atoms with Crippen LogP contribution in [0.25, 0.3) is 33.9 Å². The molecule has 5 aromatic rings. The molecule has 0 saturated carbocycles. The first-order chi connectivity index (χ1) is 15.0. The molecule has 152 valence electrons. The maximum Gasteiger partial charge on any atom is 0.227 e. The third kappa shape index (κ3) is 4.13.